The van der Waals surface area contributed by atoms with Crippen LogP contribution in [0.3, 0.4) is 0 Å². The molecule has 0 fully saturated rings. The second kappa shape index (κ2) is 5.25. The average molecular weight is 262 g/mol. The summed E-state index contributed by atoms with van der Waals surface area (Å²) in [6.45, 7) is 3.88. The number of thiophene rings is 1. The molecule has 19 heavy (non-hydrogen) atoms. The quantitative estimate of drug-likeness (QED) is 0.566. The maximum atomic E-state index is 3.88. The van der Waals surface area contributed by atoms with Gasteiger partial charge in [0.2, 0.25) is 0 Å². The Hall–Kier alpha value is -2.12. The molecule has 0 atom stereocenters. The van der Waals surface area contributed by atoms with E-state index in [2.05, 4.69) is 72.6 Å². The molecule has 0 amide bonds. The van der Waals surface area contributed by atoms with Crippen molar-refractivity contribution in [3.8, 4) is 0 Å². The Kier molecular flexibility index (Phi) is 3.30. The topological polar surface area (TPSA) is 0 Å². The van der Waals surface area contributed by atoms with Crippen molar-refractivity contribution in [2.24, 2.45) is 0 Å². The van der Waals surface area contributed by atoms with Crippen LogP contribution in [0.5, 0.6) is 0 Å². The zero-order valence-electron chi connectivity index (χ0n) is 10.5. The third kappa shape index (κ3) is 2.38. The van der Waals surface area contributed by atoms with Crippen molar-refractivity contribution in [3.63, 3.8) is 0 Å². The molecular weight excluding hydrogens is 248 g/mol. The van der Waals surface area contributed by atoms with Crippen LogP contribution in [0.2, 0.25) is 0 Å². The fraction of sp³-hybridized carbons (Fsp3) is 0. The summed E-state index contributed by atoms with van der Waals surface area (Å²) >= 11 is 1.75. The fourth-order valence-electron chi connectivity index (χ4n) is 2.24. The van der Waals surface area contributed by atoms with Crippen molar-refractivity contribution < 1.29 is 0 Å². The molecule has 92 valence electrons. The van der Waals surface area contributed by atoms with Gasteiger partial charge in [-0.05, 0) is 39.4 Å². The third-order valence-corrected chi connectivity index (χ3v) is 4.02. The summed E-state index contributed by atoms with van der Waals surface area (Å²) < 4.78 is 0. The second-order valence-corrected chi connectivity index (χ2v) is 5.32. The van der Waals surface area contributed by atoms with Gasteiger partial charge in [-0.25, -0.2) is 0 Å². The summed E-state index contributed by atoms with van der Waals surface area (Å²) in [6.07, 6.45) is 6.26. The number of rotatable bonds is 3. The van der Waals surface area contributed by atoms with Crippen LogP contribution in [0.15, 0.2) is 60.5 Å². The summed E-state index contributed by atoms with van der Waals surface area (Å²) in [5.74, 6) is 0. The molecule has 3 rings (SSSR count). The van der Waals surface area contributed by atoms with Crippen LogP contribution in [-0.2, 0) is 0 Å². The van der Waals surface area contributed by atoms with Crippen molar-refractivity contribution in [2.75, 3.05) is 0 Å². The molecule has 1 aromatic heterocycles. The zero-order valence-corrected chi connectivity index (χ0v) is 11.4. The van der Waals surface area contributed by atoms with Crippen LogP contribution >= 0.6 is 11.3 Å². The zero-order chi connectivity index (χ0) is 13.1. The van der Waals surface area contributed by atoms with Crippen LogP contribution < -0.4 is 0 Å². The largest absolute Gasteiger partial charge is 0.144 e. The summed E-state index contributed by atoms with van der Waals surface area (Å²) in [7, 11) is 0. The monoisotopic (exact) mass is 262 g/mol. The average Bonchev–Trinajstić information content (AvgIpc) is 2.97. The van der Waals surface area contributed by atoms with E-state index in [-0.39, 0.29) is 0 Å². The predicted octanol–water partition coefficient (Wildman–Crippen LogP) is 5.71. The normalized spacial score (nSPS) is 11.2. The van der Waals surface area contributed by atoms with Crippen molar-refractivity contribution >= 4 is 40.3 Å². The first-order valence-corrected chi connectivity index (χ1v) is 7.12. The second-order valence-electron chi connectivity index (χ2n) is 4.34. The van der Waals surface area contributed by atoms with Gasteiger partial charge < -0.3 is 0 Å². The number of hydrogen-bond acceptors (Lipinski definition) is 1. The smallest absolute Gasteiger partial charge is 0.0270 e. The molecule has 0 nitrogen and oxygen atoms in total. The van der Waals surface area contributed by atoms with Gasteiger partial charge in [0.25, 0.3) is 0 Å². The Balaban J connectivity index is 2.12. The molecule has 0 spiro atoms. The molecule has 0 aliphatic carbocycles. The standard InChI is InChI=1S/C18H14S/c1-2-14-6-3-10-18-15(7-4-9-17(14)18)11-12-16-8-5-13-19-16/h2-13H,1H2. The number of hydrogen-bond donors (Lipinski definition) is 0. The number of fused-ring (bicyclic) bond motifs is 1. The van der Waals surface area contributed by atoms with E-state index >= 15 is 0 Å². The molecule has 0 saturated heterocycles. The lowest BCUT2D eigenvalue weighted by Gasteiger charge is -2.05. The number of benzene rings is 2. The molecule has 0 aliphatic heterocycles. The van der Waals surface area contributed by atoms with Crippen molar-refractivity contribution in [2.45, 2.75) is 0 Å². The van der Waals surface area contributed by atoms with E-state index in [4.69, 9.17) is 0 Å². The van der Waals surface area contributed by atoms with E-state index in [1.807, 2.05) is 6.08 Å². The molecule has 1 heterocycles. The molecule has 2 aromatic carbocycles. The van der Waals surface area contributed by atoms with Crippen LogP contribution in [0.25, 0.3) is 29.0 Å². The van der Waals surface area contributed by atoms with Gasteiger partial charge in [0.05, 0.1) is 0 Å². The van der Waals surface area contributed by atoms with Gasteiger partial charge in [-0.2, -0.15) is 0 Å². The lowest BCUT2D eigenvalue weighted by Crippen LogP contribution is -1.81. The third-order valence-electron chi connectivity index (χ3n) is 3.18. The molecule has 0 unspecified atom stereocenters. The molecule has 3 aromatic rings. The minimum Gasteiger partial charge on any atom is -0.144 e. The Bertz CT molecular complexity index is 733. The SMILES string of the molecule is C=Cc1cccc2c(C=Cc3cccs3)cccc12. The molecule has 0 radical (unpaired) electrons. The highest BCUT2D eigenvalue weighted by molar-refractivity contribution is 7.10. The predicted molar refractivity (Wildman–Crippen MR) is 87.3 cm³/mol. The Morgan fingerprint density at radius 3 is 2.21 bits per heavy atom. The van der Waals surface area contributed by atoms with Gasteiger partial charge in [0.1, 0.15) is 0 Å². The minimum absolute atomic E-state index is 1.18. The van der Waals surface area contributed by atoms with Gasteiger partial charge in [-0.15, -0.1) is 11.3 Å². The van der Waals surface area contributed by atoms with Crippen LogP contribution in [0.1, 0.15) is 16.0 Å². The van der Waals surface area contributed by atoms with E-state index in [9.17, 15) is 0 Å². The van der Waals surface area contributed by atoms with E-state index in [0.717, 1.165) is 0 Å². The van der Waals surface area contributed by atoms with Gasteiger partial charge in [-0.1, -0.05) is 61.2 Å². The molecule has 0 bridgehead atoms. The first-order valence-electron chi connectivity index (χ1n) is 6.24. The summed E-state index contributed by atoms with van der Waals surface area (Å²) in [5.41, 5.74) is 2.43. The molecule has 0 N–H and O–H groups in total. The first-order chi connectivity index (χ1) is 9.38. The van der Waals surface area contributed by atoms with Crippen LogP contribution in [0.4, 0.5) is 0 Å². The van der Waals surface area contributed by atoms with Gasteiger partial charge in [0, 0.05) is 4.88 Å². The molecule has 0 saturated carbocycles. The van der Waals surface area contributed by atoms with Crippen LogP contribution in [-0.4, -0.2) is 0 Å². The van der Waals surface area contributed by atoms with Crippen molar-refractivity contribution in [1.29, 1.82) is 0 Å². The molecule has 1 heteroatoms. The fourth-order valence-corrected chi connectivity index (χ4v) is 2.86. The Morgan fingerprint density at radius 2 is 1.53 bits per heavy atom. The van der Waals surface area contributed by atoms with Crippen molar-refractivity contribution in [1.82, 2.24) is 0 Å². The van der Waals surface area contributed by atoms with E-state index in [1.165, 1.54) is 26.8 Å². The Morgan fingerprint density at radius 1 is 0.789 bits per heavy atom. The van der Waals surface area contributed by atoms with Crippen LogP contribution in [0, 0.1) is 0 Å². The maximum Gasteiger partial charge on any atom is 0.0270 e. The lowest BCUT2D eigenvalue weighted by atomic mass is 10.00. The highest BCUT2D eigenvalue weighted by Gasteiger charge is 2.00. The van der Waals surface area contributed by atoms with E-state index in [1.54, 1.807) is 11.3 Å². The molecule has 0 aliphatic rings. The van der Waals surface area contributed by atoms with Gasteiger partial charge in [0.15, 0.2) is 0 Å². The maximum absolute atomic E-state index is 3.88. The van der Waals surface area contributed by atoms with E-state index in [0.29, 0.717) is 0 Å². The summed E-state index contributed by atoms with van der Waals surface area (Å²) in [6, 6.07) is 16.9. The first kappa shape index (κ1) is 11.9. The van der Waals surface area contributed by atoms with Gasteiger partial charge in [-0.3, -0.25) is 0 Å². The summed E-state index contributed by atoms with van der Waals surface area (Å²) in [4.78, 5) is 1.27. The highest BCUT2D eigenvalue weighted by atomic mass is 32.1. The summed E-state index contributed by atoms with van der Waals surface area (Å²) in [5, 5.41) is 4.62. The Labute approximate surface area is 117 Å². The minimum atomic E-state index is 1.18. The lowest BCUT2D eigenvalue weighted by molar-refractivity contribution is 1.69. The highest BCUT2D eigenvalue weighted by Crippen LogP contribution is 2.25. The van der Waals surface area contributed by atoms with Gasteiger partial charge >= 0.3 is 0 Å². The molecular formula is C18H14S. The van der Waals surface area contributed by atoms with Crippen molar-refractivity contribution in [3.05, 3.63) is 76.5 Å². The van der Waals surface area contributed by atoms with E-state index < -0.39 is 0 Å².